The molecule has 0 nitrogen and oxygen atoms in total. The third-order valence-electron chi connectivity index (χ3n) is 0.783. The third kappa shape index (κ3) is 1.71. The van der Waals surface area contributed by atoms with Gasteiger partial charge in [0.1, 0.15) is 0 Å². The fraction of sp³-hybridized carbons (Fsp3) is 0.200. The van der Waals surface area contributed by atoms with E-state index in [1.54, 1.807) is 0 Å². The number of hydrogen-bond donors (Lipinski definition) is 0. The fourth-order valence-corrected chi connectivity index (χ4v) is 2.37. The van der Waals surface area contributed by atoms with Gasteiger partial charge in [0, 0.05) is 6.42 Å². The lowest BCUT2D eigenvalue weighted by atomic mass is 10.5. The molecule has 0 amide bonds. The van der Waals surface area contributed by atoms with E-state index in [1.165, 1.54) is 13.6 Å². The van der Waals surface area contributed by atoms with Crippen molar-refractivity contribution < 1.29 is 0 Å². The van der Waals surface area contributed by atoms with Crippen LogP contribution >= 0.6 is 45.2 Å². The predicted octanol–water partition coefficient (Wildman–Crippen LogP) is 3.03. The number of halogens is 2. The van der Waals surface area contributed by atoms with E-state index < -0.39 is 0 Å². The van der Waals surface area contributed by atoms with Crippen LogP contribution in [0.2, 0.25) is 0 Å². The molecule has 0 radical (unpaired) electrons. The molecule has 1 rings (SSSR count). The molecule has 0 saturated heterocycles. The topological polar surface area (TPSA) is 0 Å². The lowest BCUT2D eigenvalue weighted by Gasteiger charge is -1.83. The molecule has 0 unspecified atom stereocenters. The summed E-state index contributed by atoms with van der Waals surface area (Å²) in [6.07, 6.45) is 5.48. The molecular weight excluding hydrogens is 314 g/mol. The van der Waals surface area contributed by atoms with Gasteiger partial charge in [-0.25, -0.2) is 0 Å². The summed E-state index contributed by atoms with van der Waals surface area (Å²) in [6.45, 7) is 0. The third-order valence-corrected chi connectivity index (χ3v) is 2.26. The molecule has 0 N–H and O–H groups in total. The SMILES string of the molecule is IC1=CC=C(I)C1. The van der Waals surface area contributed by atoms with Gasteiger partial charge in [-0.3, -0.25) is 0 Å². The van der Waals surface area contributed by atoms with Crippen LogP contribution in [0.15, 0.2) is 19.3 Å². The molecule has 0 atom stereocenters. The zero-order chi connectivity index (χ0) is 5.28. The molecule has 0 spiro atoms. The molecule has 38 valence electrons. The second-order valence-corrected chi connectivity index (χ2v) is 4.18. The van der Waals surface area contributed by atoms with Crippen LogP contribution < -0.4 is 0 Å². The van der Waals surface area contributed by atoms with Crippen LogP contribution in [0.3, 0.4) is 0 Å². The Balaban J connectivity index is 2.61. The largest absolute Gasteiger partial charge is 0.0519 e. The van der Waals surface area contributed by atoms with Gasteiger partial charge in [-0.15, -0.1) is 0 Å². The summed E-state index contributed by atoms with van der Waals surface area (Å²) in [5.41, 5.74) is 0. The van der Waals surface area contributed by atoms with Crippen LogP contribution in [-0.2, 0) is 0 Å². The van der Waals surface area contributed by atoms with Crippen LogP contribution in [0, 0.1) is 0 Å². The molecule has 0 heterocycles. The summed E-state index contributed by atoms with van der Waals surface area (Å²) in [7, 11) is 0. The Morgan fingerprint density at radius 1 is 1.14 bits per heavy atom. The second-order valence-electron chi connectivity index (χ2n) is 1.40. The van der Waals surface area contributed by atoms with E-state index in [-0.39, 0.29) is 0 Å². The first kappa shape index (κ1) is 6.07. The number of rotatable bonds is 0. The van der Waals surface area contributed by atoms with E-state index in [9.17, 15) is 0 Å². The Morgan fingerprint density at radius 2 is 1.57 bits per heavy atom. The van der Waals surface area contributed by atoms with E-state index in [0.29, 0.717) is 0 Å². The average Bonchev–Trinajstić information content (AvgIpc) is 1.87. The highest BCUT2D eigenvalue weighted by atomic mass is 127. The van der Waals surface area contributed by atoms with E-state index >= 15 is 0 Å². The average molecular weight is 318 g/mol. The van der Waals surface area contributed by atoms with Gasteiger partial charge in [0.2, 0.25) is 0 Å². The van der Waals surface area contributed by atoms with Gasteiger partial charge in [0.05, 0.1) is 0 Å². The van der Waals surface area contributed by atoms with Crippen molar-refractivity contribution in [2.75, 3.05) is 0 Å². The molecule has 0 aromatic carbocycles. The van der Waals surface area contributed by atoms with Crippen LogP contribution in [0.4, 0.5) is 0 Å². The number of allylic oxidation sites excluding steroid dienone is 4. The molecular formula is C5H4I2. The second kappa shape index (κ2) is 2.48. The summed E-state index contributed by atoms with van der Waals surface area (Å²) in [5.74, 6) is 0. The quantitative estimate of drug-likeness (QED) is 0.602. The van der Waals surface area contributed by atoms with E-state index in [0.717, 1.165) is 0 Å². The van der Waals surface area contributed by atoms with Crippen molar-refractivity contribution in [3.05, 3.63) is 19.3 Å². The minimum absolute atomic E-state index is 1.17. The molecule has 0 aromatic heterocycles. The zero-order valence-corrected chi connectivity index (χ0v) is 7.93. The first-order chi connectivity index (χ1) is 3.29. The van der Waals surface area contributed by atoms with Gasteiger partial charge < -0.3 is 0 Å². The molecule has 7 heavy (non-hydrogen) atoms. The molecule has 2 heteroatoms. The number of hydrogen-bond acceptors (Lipinski definition) is 0. The Bertz CT molecular complexity index is 117. The molecule has 0 saturated carbocycles. The van der Waals surface area contributed by atoms with Crippen molar-refractivity contribution in [3.8, 4) is 0 Å². The molecule has 0 bridgehead atoms. The maximum atomic E-state index is 2.35. The van der Waals surface area contributed by atoms with Crippen molar-refractivity contribution in [1.29, 1.82) is 0 Å². The predicted molar refractivity (Wildman–Crippen MR) is 48.8 cm³/mol. The van der Waals surface area contributed by atoms with Crippen molar-refractivity contribution in [3.63, 3.8) is 0 Å². The summed E-state index contributed by atoms with van der Waals surface area (Å²) >= 11 is 4.70. The standard InChI is InChI=1S/C5H4I2/c6-4-1-2-5(7)3-4/h1-2H,3H2. The summed E-state index contributed by atoms with van der Waals surface area (Å²) in [4.78, 5) is 0. The first-order valence-corrected chi connectivity index (χ1v) is 4.15. The molecule has 0 aliphatic heterocycles. The highest BCUT2D eigenvalue weighted by Crippen LogP contribution is 2.27. The lowest BCUT2D eigenvalue weighted by molar-refractivity contribution is 1.42. The smallest absolute Gasteiger partial charge is 0.00907 e. The van der Waals surface area contributed by atoms with Crippen LogP contribution in [-0.4, -0.2) is 0 Å². The Labute approximate surface area is 70.3 Å². The Morgan fingerprint density at radius 3 is 1.71 bits per heavy atom. The molecule has 1 aliphatic carbocycles. The highest BCUT2D eigenvalue weighted by Gasteiger charge is 1.99. The highest BCUT2D eigenvalue weighted by molar-refractivity contribution is 14.1. The molecule has 1 aliphatic rings. The summed E-state index contributed by atoms with van der Waals surface area (Å²) < 4.78 is 2.89. The van der Waals surface area contributed by atoms with E-state index in [1.807, 2.05) is 0 Å². The molecule has 0 aromatic rings. The minimum atomic E-state index is 1.17. The van der Waals surface area contributed by atoms with Gasteiger partial charge in [-0.05, 0) is 52.3 Å². The van der Waals surface area contributed by atoms with Gasteiger partial charge >= 0.3 is 0 Å². The maximum absolute atomic E-state index is 2.35. The van der Waals surface area contributed by atoms with Gasteiger partial charge in [0.25, 0.3) is 0 Å². The Kier molecular flexibility index (Phi) is 2.15. The van der Waals surface area contributed by atoms with Crippen molar-refractivity contribution in [1.82, 2.24) is 0 Å². The van der Waals surface area contributed by atoms with Gasteiger partial charge in [-0.1, -0.05) is 12.2 Å². The summed E-state index contributed by atoms with van der Waals surface area (Å²) in [5, 5.41) is 0. The van der Waals surface area contributed by atoms with E-state index in [4.69, 9.17) is 0 Å². The van der Waals surface area contributed by atoms with Gasteiger partial charge in [0.15, 0.2) is 0 Å². The lowest BCUT2D eigenvalue weighted by Crippen LogP contribution is -1.59. The van der Waals surface area contributed by atoms with Crippen molar-refractivity contribution in [2.24, 2.45) is 0 Å². The normalized spacial score (nSPS) is 19.1. The maximum Gasteiger partial charge on any atom is 0.00907 e. The fourth-order valence-electron chi connectivity index (χ4n) is 0.460. The monoisotopic (exact) mass is 318 g/mol. The minimum Gasteiger partial charge on any atom is -0.0519 e. The van der Waals surface area contributed by atoms with Crippen LogP contribution in [0.25, 0.3) is 0 Å². The van der Waals surface area contributed by atoms with Crippen LogP contribution in [0.5, 0.6) is 0 Å². The molecule has 0 fully saturated rings. The Hall–Kier alpha value is 0.940. The van der Waals surface area contributed by atoms with Crippen LogP contribution in [0.1, 0.15) is 6.42 Å². The first-order valence-electron chi connectivity index (χ1n) is 2.00. The van der Waals surface area contributed by atoms with E-state index in [2.05, 4.69) is 57.3 Å². The van der Waals surface area contributed by atoms with Crippen molar-refractivity contribution >= 4 is 45.2 Å². The summed E-state index contributed by atoms with van der Waals surface area (Å²) in [6, 6.07) is 0. The van der Waals surface area contributed by atoms with Crippen molar-refractivity contribution in [2.45, 2.75) is 6.42 Å². The van der Waals surface area contributed by atoms with Gasteiger partial charge in [-0.2, -0.15) is 0 Å². The zero-order valence-electron chi connectivity index (χ0n) is 3.62.